The van der Waals surface area contributed by atoms with Crippen LogP contribution in [0.4, 0.5) is 0 Å². The number of H-pyrrole nitrogens is 2. The summed E-state index contributed by atoms with van der Waals surface area (Å²) in [4.78, 5) is 27.8. The summed E-state index contributed by atoms with van der Waals surface area (Å²) in [6.07, 6.45) is 0. The molecule has 3 rings (SSSR count). The number of ether oxygens (including phenoxy) is 4. The van der Waals surface area contributed by atoms with Gasteiger partial charge in [-0.2, -0.15) is 0 Å². The molecule has 0 spiro atoms. The van der Waals surface area contributed by atoms with Gasteiger partial charge in [0.05, 0.1) is 14.2 Å². The van der Waals surface area contributed by atoms with Crippen molar-refractivity contribution in [3.8, 4) is 23.0 Å². The van der Waals surface area contributed by atoms with Crippen LogP contribution in [0.1, 0.15) is 0 Å². The number of nitrogens with one attached hydrogen (secondary N) is 2. The Morgan fingerprint density at radius 2 is 1.32 bits per heavy atom. The van der Waals surface area contributed by atoms with Crippen molar-refractivity contribution in [2.75, 3.05) is 21.0 Å². The highest BCUT2D eigenvalue weighted by atomic mass is 16.7. The van der Waals surface area contributed by atoms with Crippen LogP contribution in [0, 0.1) is 0 Å². The summed E-state index contributed by atoms with van der Waals surface area (Å²) < 4.78 is 21.0. The van der Waals surface area contributed by atoms with Crippen LogP contribution < -0.4 is 30.1 Å². The van der Waals surface area contributed by atoms with Gasteiger partial charge in [0.15, 0.2) is 11.5 Å². The van der Waals surface area contributed by atoms with Crippen molar-refractivity contribution < 1.29 is 18.9 Å². The van der Waals surface area contributed by atoms with Gasteiger partial charge in [-0.15, -0.1) is 0 Å². The van der Waals surface area contributed by atoms with E-state index in [1.54, 1.807) is 0 Å². The second-order valence-corrected chi connectivity index (χ2v) is 3.79. The number of benzene rings is 1. The predicted molar refractivity (Wildman–Crippen MR) is 64.4 cm³/mol. The minimum absolute atomic E-state index is 0.00679. The molecule has 1 aliphatic rings. The van der Waals surface area contributed by atoms with Gasteiger partial charge in [0.2, 0.25) is 18.3 Å². The van der Waals surface area contributed by atoms with Crippen molar-refractivity contribution >= 4 is 11.0 Å². The minimum atomic E-state index is -0.785. The van der Waals surface area contributed by atoms with Crippen LogP contribution in [-0.4, -0.2) is 31.0 Å². The fraction of sp³-hybridized carbons (Fsp3) is 0.273. The van der Waals surface area contributed by atoms with Crippen LogP contribution in [0.15, 0.2) is 9.59 Å². The van der Waals surface area contributed by atoms with E-state index in [9.17, 15) is 9.59 Å². The standard InChI is InChI=1S/C11H10N2O6/c1-16-6-4-5(13-11(15)10(14)12-4)7(17-2)9-8(6)18-3-19-9/h3H2,1-2H3,(H,12,14)(H,13,15). The molecule has 0 aliphatic carbocycles. The Labute approximate surface area is 105 Å². The van der Waals surface area contributed by atoms with Gasteiger partial charge in [-0.3, -0.25) is 9.59 Å². The lowest BCUT2D eigenvalue weighted by Gasteiger charge is -2.12. The molecule has 1 aromatic heterocycles. The van der Waals surface area contributed by atoms with Gasteiger partial charge >= 0.3 is 11.1 Å². The average Bonchev–Trinajstić information content (AvgIpc) is 2.86. The first-order chi connectivity index (χ1) is 9.17. The quantitative estimate of drug-likeness (QED) is 0.739. The fourth-order valence-corrected chi connectivity index (χ4v) is 2.04. The number of aromatic amines is 2. The smallest absolute Gasteiger partial charge is 0.314 e. The summed E-state index contributed by atoms with van der Waals surface area (Å²) in [6.45, 7) is 0.00679. The summed E-state index contributed by atoms with van der Waals surface area (Å²) in [5.74, 6) is 1.21. The van der Waals surface area contributed by atoms with E-state index >= 15 is 0 Å². The first kappa shape index (κ1) is 11.5. The van der Waals surface area contributed by atoms with Gasteiger partial charge in [0.25, 0.3) is 0 Å². The highest BCUT2D eigenvalue weighted by Crippen LogP contribution is 2.51. The molecular weight excluding hydrogens is 256 g/mol. The molecule has 2 heterocycles. The Balaban J connectivity index is 2.55. The lowest BCUT2D eigenvalue weighted by molar-refractivity contribution is 0.169. The van der Waals surface area contributed by atoms with Crippen molar-refractivity contribution in [3.63, 3.8) is 0 Å². The molecule has 0 amide bonds. The van der Waals surface area contributed by atoms with Gasteiger partial charge in [-0.1, -0.05) is 0 Å². The topological polar surface area (TPSA) is 103 Å². The largest absolute Gasteiger partial charge is 0.491 e. The fourth-order valence-electron chi connectivity index (χ4n) is 2.04. The van der Waals surface area contributed by atoms with E-state index in [1.807, 2.05) is 0 Å². The third-order valence-corrected chi connectivity index (χ3v) is 2.82. The lowest BCUT2D eigenvalue weighted by Crippen LogP contribution is -2.29. The molecule has 0 unspecified atom stereocenters. The highest BCUT2D eigenvalue weighted by molar-refractivity contribution is 5.93. The molecule has 100 valence electrons. The van der Waals surface area contributed by atoms with Crippen LogP contribution >= 0.6 is 0 Å². The molecule has 2 N–H and O–H groups in total. The van der Waals surface area contributed by atoms with Gasteiger partial charge in [-0.25, -0.2) is 0 Å². The van der Waals surface area contributed by atoms with Crippen LogP contribution in [0.3, 0.4) is 0 Å². The number of hydrogen-bond donors (Lipinski definition) is 2. The summed E-state index contributed by atoms with van der Waals surface area (Å²) in [6, 6.07) is 0. The van der Waals surface area contributed by atoms with Crippen LogP contribution in [0.2, 0.25) is 0 Å². The van der Waals surface area contributed by atoms with Crippen LogP contribution in [0.25, 0.3) is 11.0 Å². The molecule has 0 fully saturated rings. The predicted octanol–water partition coefficient (Wildman–Crippen LogP) is -0.0377. The van der Waals surface area contributed by atoms with Crippen molar-refractivity contribution in [1.82, 2.24) is 9.97 Å². The Kier molecular flexibility index (Phi) is 2.37. The lowest BCUT2D eigenvalue weighted by atomic mass is 10.2. The zero-order valence-electron chi connectivity index (χ0n) is 10.2. The maximum absolute atomic E-state index is 11.4. The molecule has 1 aromatic carbocycles. The highest BCUT2D eigenvalue weighted by Gasteiger charge is 2.29. The van der Waals surface area contributed by atoms with Crippen molar-refractivity contribution in [1.29, 1.82) is 0 Å². The van der Waals surface area contributed by atoms with E-state index in [1.165, 1.54) is 14.2 Å². The van der Waals surface area contributed by atoms with Crippen LogP contribution in [-0.2, 0) is 0 Å². The third kappa shape index (κ3) is 1.46. The molecular formula is C11H10N2O6. The molecule has 8 heteroatoms. The first-order valence-electron chi connectivity index (χ1n) is 5.37. The van der Waals surface area contributed by atoms with Gasteiger partial charge < -0.3 is 28.9 Å². The Morgan fingerprint density at radius 3 is 1.68 bits per heavy atom. The maximum atomic E-state index is 11.4. The summed E-state index contributed by atoms with van der Waals surface area (Å²) >= 11 is 0. The maximum Gasteiger partial charge on any atom is 0.314 e. The molecule has 0 bridgehead atoms. The monoisotopic (exact) mass is 266 g/mol. The summed E-state index contributed by atoms with van der Waals surface area (Å²) in [5.41, 5.74) is -1.00. The molecule has 0 radical (unpaired) electrons. The van der Waals surface area contributed by atoms with E-state index in [0.29, 0.717) is 11.5 Å². The summed E-state index contributed by atoms with van der Waals surface area (Å²) in [7, 11) is 2.85. The molecule has 8 nitrogen and oxygen atoms in total. The van der Waals surface area contributed by atoms with Crippen LogP contribution in [0.5, 0.6) is 23.0 Å². The van der Waals surface area contributed by atoms with Gasteiger partial charge in [-0.05, 0) is 0 Å². The summed E-state index contributed by atoms with van der Waals surface area (Å²) in [5, 5.41) is 0. The van der Waals surface area contributed by atoms with Gasteiger partial charge in [0, 0.05) is 0 Å². The SMILES string of the molecule is COc1c2c(c(OC)c3[nH]c(=O)c(=O)[nH]c13)OCO2. The van der Waals surface area contributed by atoms with E-state index in [4.69, 9.17) is 18.9 Å². The second-order valence-electron chi connectivity index (χ2n) is 3.79. The molecule has 0 saturated carbocycles. The molecule has 0 saturated heterocycles. The molecule has 0 atom stereocenters. The Morgan fingerprint density at radius 1 is 0.895 bits per heavy atom. The van der Waals surface area contributed by atoms with Crippen molar-refractivity contribution in [2.24, 2.45) is 0 Å². The second kappa shape index (κ2) is 3.94. The van der Waals surface area contributed by atoms with E-state index in [-0.39, 0.29) is 29.3 Å². The molecule has 1 aliphatic heterocycles. The van der Waals surface area contributed by atoms with Crippen molar-refractivity contribution in [2.45, 2.75) is 0 Å². The first-order valence-corrected chi connectivity index (χ1v) is 5.37. The van der Waals surface area contributed by atoms with Gasteiger partial charge in [0.1, 0.15) is 11.0 Å². The Hall–Kier alpha value is -2.64. The normalized spacial score (nSPS) is 12.7. The van der Waals surface area contributed by atoms with Crippen molar-refractivity contribution in [3.05, 3.63) is 20.7 Å². The zero-order chi connectivity index (χ0) is 13.6. The molecule has 19 heavy (non-hydrogen) atoms. The minimum Gasteiger partial charge on any atom is -0.491 e. The zero-order valence-corrected chi connectivity index (χ0v) is 10.2. The average molecular weight is 266 g/mol. The number of aromatic nitrogens is 2. The third-order valence-electron chi connectivity index (χ3n) is 2.82. The van der Waals surface area contributed by atoms with E-state index in [0.717, 1.165) is 0 Å². The van der Waals surface area contributed by atoms with E-state index in [2.05, 4.69) is 9.97 Å². The number of methoxy groups -OCH3 is 2. The molecule has 2 aromatic rings. The number of fused-ring (bicyclic) bond motifs is 2. The van der Waals surface area contributed by atoms with E-state index < -0.39 is 11.1 Å². The number of rotatable bonds is 2. The number of hydrogen-bond acceptors (Lipinski definition) is 6. The Bertz CT molecular complexity index is 711.